The van der Waals surface area contributed by atoms with Crippen LogP contribution in [0.2, 0.25) is 0 Å². The first-order valence-corrected chi connectivity index (χ1v) is 8.38. The summed E-state index contributed by atoms with van der Waals surface area (Å²) in [6.45, 7) is 4.14. The van der Waals surface area contributed by atoms with Crippen LogP contribution in [0.5, 0.6) is 0 Å². The van der Waals surface area contributed by atoms with Gasteiger partial charge in [-0.15, -0.1) is 0 Å². The number of amides is 2. The van der Waals surface area contributed by atoms with Crippen LogP contribution in [0, 0.1) is 6.92 Å². The number of hydrazone groups is 1. The molecule has 0 spiro atoms. The Hall–Kier alpha value is -2.95. The van der Waals surface area contributed by atoms with Crippen molar-refractivity contribution in [1.82, 2.24) is 5.43 Å². The van der Waals surface area contributed by atoms with Crippen LogP contribution in [0.3, 0.4) is 0 Å². The molecule has 0 saturated carbocycles. The van der Waals surface area contributed by atoms with E-state index in [-0.39, 0.29) is 0 Å². The summed E-state index contributed by atoms with van der Waals surface area (Å²) in [5, 5.41) is 6.35. The highest BCUT2D eigenvalue weighted by Gasteiger charge is 2.12. The third-order valence-electron chi connectivity index (χ3n) is 3.69. The van der Waals surface area contributed by atoms with Crippen LogP contribution in [0.15, 0.2) is 53.6 Å². The van der Waals surface area contributed by atoms with E-state index < -0.39 is 11.8 Å². The molecule has 2 aromatic carbocycles. The van der Waals surface area contributed by atoms with Gasteiger partial charge in [-0.3, -0.25) is 9.59 Å². The van der Waals surface area contributed by atoms with Crippen molar-refractivity contribution in [2.45, 2.75) is 33.1 Å². The largest absolute Gasteiger partial charge is 0.329 e. The second-order valence-corrected chi connectivity index (χ2v) is 5.86. The number of hydrogen-bond acceptors (Lipinski definition) is 3. The number of carbonyl (C=O) groups is 2. The summed E-state index contributed by atoms with van der Waals surface area (Å²) in [4.78, 5) is 23.6. The SMILES string of the molecule is CCCCc1ccc(NC(=O)C(=O)NN=Cc2ccc(C)cc2)cc1. The summed E-state index contributed by atoms with van der Waals surface area (Å²) in [5.41, 5.74) is 6.01. The zero-order valence-electron chi connectivity index (χ0n) is 14.6. The smallest absolute Gasteiger partial charge is 0.318 e. The first-order valence-electron chi connectivity index (χ1n) is 8.38. The minimum Gasteiger partial charge on any atom is -0.318 e. The minimum atomic E-state index is -0.807. The topological polar surface area (TPSA) is 70.6 Å². The Labute approximate surface area is 148 Å². The molecule has 0 aliphatic rings. The predicted octanol–water partition coefficient (Wildman–Crippen LogP) is 3.43. The van der Waals surface area contributed by atoms with Crippen molar-refractivity contribution in [2.24, 2.45) is 5.10 Å². The monoisotopic (exact) mass is 337 g/mol. The van der Waals surface area contributed by atoms with Crippen LogP contribution in [-0.4, -0.2) is 18.0 Å². The number of carbonyl (C=O) groups excluding carboxylic acids is 2. The molecule has 0 fully saturated rings. The molecule has 0 radical (unpaired) electrons. The Balaban J connectivity index is 1.83. The first-order chi connectivity index (χ1) is 12.1. The zero-order chi connectivity index (χ0) is 18.1. The van der Waals surface area contributed by atoms with E-state index in [1.807, 2.05) is 43.3 Å². The lowest BCUT2D eigenvalue weighted by molar-refractivity contribution is -0.136. The second-order valence-electron chi connectivity index (χ2n) is 5.86. The highest BCUT2D eigenvalue weighted by atomic mass is 16.2. The summed E-state index contributed by atoms with van der Waals surface area (Å²) in [7, 11) is 0. The highest BCUT2D eigenvalue weighted by molar-refractivity contribution is 6.39. The molecule has 25 heavy (non-hydrogen) atoms. The van der Waals surface area contributed by atoms with Gasteiger partial charge in [-0.25, -0.2) is 5.43 Å². The number of aryl methyl sites for hydroxylation is 2. The van der Waals surface area contributed by atoms with Gasteiger partial charge in [0.1, 0.15) is 0 Å². The van der Waals surface area contributed by atoms with Crippen molar-refractivity contribution < 1.29 is 9.59 Å². The Bertz CT molecular complexity index is 735. The van der Waals surface area contributed by atoms with Crippen LogP contribution < -0.4 is 10.7 Å². The van der Waals surface area contributed by atoms with Gasteiger partial charge in [0.15, 0.2) is 0 Å². The van der Waals surface area contributed by atoms with E-state index in [9.17, 15) is 9.59 Å². The van der Waals surface area contributed by atoms with Crippen molar-refractivity contribution in [3.63, 3.8) is 0 Å². The van der Waals surface area contributed by atoms with Gasteiger partial charge in [-0.2, -0.15) is 5.10 Å². The Morgan fingerprint density at radius 2 is 1.68 bits per heavy atom. The molecule has 0 aromatic heterocycles. The summed E-state index contributed by atoms with van der Waals surface area (Å²) in [6.07, 6.45) is 4.78. The van der Waals surface area contributed by atoms with E-state index in [1.165, 1.54) is 11.8 Å². The molecule has 2 aromatic rings. The van der Waals surface area contributed by atoms with E-state index in [4.69, 9.17) is 0 Å². The first kappa shape index (κ1) is 18.4. The van der Waals surface area contributed by atoms with Crippen LogP contribution >= 0.6 is 0 Å². The normalized spacial score (nSPS) is 10.6. The molecule has 0 bridgehead atoms. The summed E-state index contributed by atoms with van der Waals surface area (Å²) in [6, 6.07) is 15.2. The van der Waals surface area contributed by atoms with Crippen molar-refractivity contribution in [1.29, 1.82) is 0 Å². The molecule has 0 atom stereocenters. The number of unbranched alkanes of at least 4 members (excludes halogenated alkanes) is 1. The van der Waals surface area contributed by atoms with Crippen molar-refractivity contribution in [3.05, 3.63) is 65.2 Å². The van der Waals surface area contributed by atoms with Crippen LogP contribution in [0.4, 0.5) is 5.69 Å². The number of hydrogen-bond donors (Lipinski definition) is 2. The molecule has 0 aliphatic heterocycles. The van der Waals surface area contributed by atoms with Gasteiger partial charge < -0.3 is 5.32 Å². The lowest BCUT2D eigenvalue weighted by Crippen LogP contribution is -2.32. The fourth-order valence-electron chi connectivity index (χ4n) is 2.19. The average Bonchev–Trinajstić information content (AvgIpc) is 2.62. The van der Waals surface area contributed by atoms with E-state index in [0.29, 0.717) is 5.69 Å². The van der Waals surface area contributed by atoms with E-state index in [2.05, 4.69) is 22.8 Å². The third kappa shape index (κ3) is 6.22. The molecular formula is C20H23N3O2. The number of anilines is 1. The van der Waals surface area contributed by atoms with E-state index >= 15 is 0 Å². The Kier molecular flexibility index (Phi) is 6.89. The molecule has 5 nitrogen and oxygen atoms in total. The highest BCUT2D eigenvalue weighted by Crippen LogP contribution is 2.11. The van der Waals surface area contributed by atoms with E-state index in [0.717, 1.165) is 30.4 Å². The quantitative estimate of drug-likeness (QED) is 0.482. The molecule has 2 N–H and O–H groups in total. The Morgan fingerprint density at radius 3 is 2.32 bits per heavy atom. The molecule has 0 unspecified atom stereocenters. The molecule has 2 amide bonds. The maximum Gasteiger partial charge on any atom is 0.329 e. The molecule has 130 valence electrons. The molecule has 0 heterocycles. The van der Waals surface area contributed by atoms with Gasteiger partial charge >= 0.3 is 11.8 Å². The lowest BCUT2D eigenvalue weighted by atomic mass is 10.1. The summed E-state index contributed by atoms with van der Waals surface area (Å²) < 4.78 is 0. The molecular weight excluding hydrogens is 314 g/mol. The van der Waals surface area contributed by atoms with E-state index in [1.54, 1.807) is 12.1 Å². The molecule has 0 aliphatic carbocycles. The standard InChI is InChI=1S/C20H23N3O2/c1-3-4-5-16-10-12-18(13-11-16)22-19(24)20(25)23-21-14-17-8-6-15(2)7-9-17/h6-14H,3-5H2,1-2H3,(H,22,24)(H,23,25). The Morgan fingerprint density at radius 1 is 1.00 bits per heavy atom. The number of rotatable bonds is 6. The minimum absolute atomic E-state index is 0.586. The van der Waals surface area contributed by atoms with Crippen molar-refractivity contribution in [3.8, 4) is 0 Å². The molecule has 2 rings (SSSR count). The fraction of sp³-hybridized carbons (Fsp3) is 0.250. The number of nitrogens with one attached hydrogen (secondary N) is 2. The second kappa shape index (κ2) is 9.37. The van der Waals surface area contributed by atoms with Crippen molar-refractivity contribution >= 4 is 23.7 Å². The number of benzene rings is 2. The number of nitrogens with zero attached hydrogens (tertiary/aromatic N) is 1. The zero-order valence-corrected chi connectivity index (χ0v) is 14.6. The molecule has 5 heteroatoms. The predicted molar refractivity (Wildman–Crippen MR) is 101 cm³/mol. The molecule has 0 saturated heterocycles. The van der Waals surface area contributed by atoms with Gasteiger partial charge in [0, 0.05) is 5.69 Å². The third-order valence-corrected chi connectivity index (χ3v) is 3.69. The van der Waals surface area contributed by atoms with Crippen LogP contribution in [0.1, 0.15) is 36.5 Å². The van der Waals surface area contributed by atoms with Gasteiger partial charge in [-0.05, 0) is 43.0 Å². The summed E-state index contributed by atoms with van der Waals surface area (Å²) in [5.74, 6) is -1.55. The van der Waals surface area contributed by atoms with Crippen molar-refractivity contribution in [2.75, 3.05) is 5.32 Å². The van der Waals surface area contributed by atoms with Gasteiger partial charge in [0.05, 0.1) is 6.21 Å². The van der Waals surface area contributed by atoms with Gasteiger partial charge in [-0.1, -0.05) is 55.3 Å². The van der Waals surface area contributed by atoms with Crippen LogP contribution in [-0.2, 0) is 16.0 Å². The van der Waals surface area contributed by atoms with Gasteiger partial charge in [0.2, 0.25) is 0 Å². The summed E-state index contributed by atoms with van der Waals surface area (Å²) >= 11 is 0. The fourth-order valence-corrected chi connectivity index (χ4v) is 2.19. The average molecular weight is 337 g/mol. The lowest BCUT2D eigenvalue weighted by Gasteiger charge is -2.05. The maximum atomic E-state index is 11.9. The van der Waals surface area contributed by atoms with Gasteiger partial charge in [0.25, 0.3) is 0 Å². The van der Waals surface area contributed by atoms with Crippen LogP contribution in [0.25, 0.3) is 0 Å². The maximum absolute atomic E-state index is 11.9.